The lowest BCUT2D eigenvalue weighted by atomic mass is 9.88. The molecule has 4 heterocycles. The van der Waals surface area contributed by atoms with E-state index < -0.39 is 0 Å². The molecule has 0 aliphatic rings. The van der Waals surface area contributed by atoms with Crippen LogP contribution in [0.2, 0.25) is 0 Å². The molecular formula is C82H66N4. The van der Waals surface area contributed by atoms with Crippen LogP contribution < -0.4 is 0 Å². The predicted octanol–water partition coefficient (Wildman–Crippen LogP) is 21.6. The Morgan fingerprint density at radius 1 is 0.221 bits per heavy atom. The van der Waals surface area contributed by atoms with Crippen LogP contribution in [-0.2, 0) is 6.42 Å². The van der Waals surface area contributed by atoms with E-state index in [1.165, 1.54) is 111 Å². The van der Waals surface area contributed by atoms with Crippen molar-refractivity contribution < 1.29 is 0 Å². The van der Waals surface area contributed by atoms with E-state index in [1.54, 1.807) is 0 Å². The first kappa shape index (κ1) is 53.8. The van der Waals surface area contributed by atoms with Gasteiger partial charge in [-0.05, 0) is 193 Å². The Bertz CT molecular complexity index is 5010. The number of hydrogen-bond donors (Lipinski definition) is 0. The van der Waals surface area contributed by atoms with Crippen LogP contribution in [0.1, 0.15) is 61.2 Å². The summed E-state index contributed by atoms with van der Waals surface area (Å²) in [5.74, 6) is 0. The van der Waals surface area contributed by atoms with Crippen molar-refractivity contribution in [2.24, 2.45) is 0 Å². The van der Waals surface area contributed by atoms with E-state index in [0.29, 0.717) is 6.42 Å². The Labute approximate surface area is 504 Å². The summed E-state index contributed by atoms with van der Waals surface area (Å²) in [5.41, 5.74) is 34.9. The summed E-state index contributed by atoms with van der Waals surface area (Å²) < 4.78 is 0. The fourth-order valence-electron chi connectivity index (χ4n) is 13.3. The molecular weight excluding hydrogens is 1040 g/mol. The summed E-state index contributed by atoms with van der Waals surface area (Å²) in [5, 5.41) is 4.61. The molecule has 0 saturated heterocycles. The lowest BCUT2D eigenvalue weighted by molar-refractivity contribution is 1.14. The van der Waals surface area contributed by atoms with Gasteiger partial charge in [0.1, 0.15) is 0 Å². The molecule has 0 aliphatic heterocycles. The molecule has 0 aliphatic carbocycles. The summed E-state index contributed by atoms with van der Waals surface area (Å²) in [7, 11) is 0. The highest BCUT2D eigenvalue weighted by Crippen LogP contribution is 2.43. The van der Waals surface area contributed by atoms with Crippen LogP contribution in [0.4, 0.5) is 0 Å². The average molecular weight is 1110 g/mol. The van der Waals surface area contributed by atoms with Crippen molar-refractivity contribution in [2.45, 2.75) is 68.7 Å². The zero-order chi connectivity index (χ0) is 58.9. The van der Waals surface area contributed by atoms with Crippen LogP contribution in [0.25, 0.3) is 133 Å². The molecule has 0 bridgehead atoms. The molecule has 0 atom stereocenters. The first-order valence-corrected chi connectivity index (χ1v) is 30.0. The maximum atomic E-state index is 5.75. The van der Waals surface area contributed by atoms with Crippen molar-refractivity contribution in [1.82, 2.24) is 19.9 Å². The Balaban J connectivity index is 0.859. The van der Waals surface area contributed by atoms with E-state index in [9.17, 15) is 0 Å². The minimum Gasteiger partial charge on any atom is -0.245 e. The van der Waals surface area contributed by atoms with Gasteiger partial charge in [-0.2, -0.15) is 0 Å². The molecule has 14 aromatic rings. The fourth-order valence-corrected chi connectivity index (χ4v) is 13.3. The molecule has 4 aromatic heterocycles. The normalized spacial score (nSPS) is 11.6. The standard InChI is InChI=1S/C82H66N4/c1-48-53(6)75(62-27-17-12-18-28-62)83-79-70(48)42-43-71-56(9)72(78(86-80(71)79)64-40-34-60(35-41-64)58-23-13-10-14-24-58)45-57-22-19-33-69(44-57)77-55(8)52(5)74-50(3)49(2)73-51(4)54(7)76(84-81(73)82(74)85-77)63-38-36-61(37-39-63)66-30-21-32-68(47-66)67-31-20-29-65(46-67)59-25-15-11-16-26-59/h10-44,46-47H,45H2,1-9H3. The number of hydrogen-bond acceptors (Lipinski definition) is 4. The highest BCUT2D eigenvalue weighted by molar-refractivity contribution is 6.11. The molecule has 0 fully saturated rings. The van der Waals surface area contributed by atoms with E-state index in [0.717, 1.165) is 83.4 Å². The molecule has 14 rings (SSSR count). The fraction of sp³-hybridized carbons (Fsp3) is 0.122. The Hall–Kier alpha value is -10.2. The Morgan fingerprint density at radius 3 is 1.05 bits per heavy atom. The number of aryl methyl sites for hydroxylation is 6. The lowest BCUT2D eigenvalue weighted by Gasteiger charge is -2.21. The van der Waals surface area contributed by atoms with Crippen molar-refractivity contribution in [1.29, 1.82) is 0 Å². The third-order valence-electron chi connectivity index (χ3n) is 18.7. The first-order valence-electron chi connectivity index (χ1n) is 30.0. The van der Waals surface area contributed by atoms with Gasteiger partial charge in [-0.3, -0.25) is 0 Å². The molecule has 86 heavy (non-hydrogen) atoms. The van der Waals surface area contributed by atoms with Crippen LogP contribution in [0.5, 0.6) is 0 Å². The van der Waals surface area contributed by atoms with Crippen LogP contribution in [0, 0.1) is 62.3 Å². The van der Waals surface area contributed by atoms with Crippen LogP contribution in [0.3, 0.4) is 0 Å². The quantitative estimate of drug-likeness (QED) is 0.128. The number of aromatic nitrogens is 4. The number of rotatable bonds is 10. The molecule has 0 unspecified atom stereocenters. The first-order chi connectivity index (χ1) is 41.9. The second kappa shape index (κ2) is 21.8. The number of benzene rings is 10. The summed E-state index contributed by atoms with van der Waals surface area (Å²) in [6.45, 7) is 20.2. The third kappa shape index (κ3) is 9.34. The largest absolute Gasteiger partial charge is 0.245 e. The predicted molar refractivity (Wildman–Crippen MR) is 363 cm³/mol. The van der Waals surface area contributed by atoms with Gasteiger partial charge in [-0.15, -0.1) is 0 Å². The molecule has 10 aromatic carbocycles. The summed E-state index contributed by atoms with van der Waals surface area (Å²) in [6.07, 6.45) is 0.676. The second-order valence-electron chi connectivity index (χ2n) is 23.5. The summed E-state index contributed by atoms with van der Waals surface area (Å²) in [6, 6.07) is 80.9. The van der Waals surface area contributed by atoms with Gasteiger partial charge in [-0.1, -0.05) is 206 Å². The Morgan fingerprint density at radius 2 is 0.535 bits per heavy atom. The van der Waals surface area contributed by atoms with E-state index in [2.05, 4.69) is 287 Å². The van der Waals surface area contributed by atoms with Gasteiger partial charge in [0.05, 0.1) is 44.8 Å². The molecule has 0 spiro atoms. The van der Waals surface area contributed by atoms with Crippen LogP contribution in [0.15, 0.2) is 224 Å². The third-order valence-corrected chi connectivity index (χ3v) is 18.7. The molecule has 0 N–H and O–H groups in total. The van der Waals surface area contributed by atoms with Crippen LogP contribution in [-0.4, -0.2) is 19.9 Å². The van der Waals surface area contributed by atoms with E-state index in [4.69, 9.17) is 19.9 Å². The Kier molecular flexibility index (Phi) is 13.6. The second-order valence-corrected chi connectivity index (χ2v) is 23.5. The van der Waals surface area contributed by atoms with Gasteiger partial charge in [0.2, 0.25) is 0 Å². The number of pyridine rings is 4. The molecule has 0 amide bonds. The van der Waals surface area contributed by atoms with Gasteiger partial charge in [0, 0.05) is 43.8 Å². The van der Waals surface area contributed by atoms with Gasteiger partial charge in [0.25, 0.3) is 0 Å². The maximum absolute atomic E-state index is 5.75. The molecule has 414 valence electrons. The number of nitrogens with zero attached hydrogens (tertiary/aromatic N) is 4. The monoisotopic (exact) mass is 1110 g/mol. The molecule has 0 radical (unpaired) electrons. The van der Waals surface area contributed by atoms with Crippen LogP contribution >= 0.6 is 0 Å². The maximum Gasteiger partial charge on any atom is 0.0978 e. The SMILES string of the molecule is Cc1c(-c2ccccc2)nc2c(ccc3c(C)c(Cc4cccc(-c5nc6c(c(C)c5C)c(C)c(C)c5c(C)c(C)c(-c7ccc(-c8cccc(-c9cccc(-c%10ccccc%10)c9)c8)cc7)nc56)c4)c(-c4ccc(-c5ccccc5)cc4)nc32)c1C. The van der Waals surface area contributed by atoms with Gasteiger partial charge < -0.3 is 0 Å². The number of fused-ring (bicyclic) bond motifs is 6. The highest BCUT2D eigenvalue weighted by Gasteiger charge is 2.24. The van der Waals surface area contributed by atoms with Crippen molar-refractivity contribution in [3.8, 4) is 89.5 Å². The van der Waals surface area contributed by atoms with Crippen molar-refractivity contribution >= 4 is 43.6 Å². The van der Waals surface area contributed by atoms with E-state index in [1.807, 2.05) is 0 Å². The van der Waals surface area contributed by atoms with E-state index >= 15 is 0 Å². The zero-order valence-electron chi connectivity index (χ0n) is 50.4. The minimum absolute atomic E-state index is 0.676. The van der Waals surface area contributed by atoms with Crippen molar-refractivity contribution in [3.05, 3.63) is 286 Å². The minimum atomic E-state index is 0.676. The van der Waals surface area contributed by atoms with Crippen molar-refractivity contribution in [3.63, 3.8) is 0 Å². The van der Waals surface area contributed by atoms with E-state index in [-0.39, 0.29) is 0 Å². The van der Waals surface area contributed by atoms with Gasteiger partial charge in [-0.25, -0.2) is 19.9 Å². The van der Waals surface area contributed by atoms with Crippen molar-refractivity contribution in [2.75, 3.05) is 0 Å². The molecule has 0 saturated carbocycles. The molecule has 4 nitrogen and oxygen atoms in total. The molecule has 4 heteroatoms. The zero-order valence-corrected chi connectivity index (χ0v) is 50.4. The lowest BCUT2D eigenvalue weighted by Crippen LogP contribution is -2.04. The average Bonchev–Trinajstić information content (AvgIpc) is 0.905. The topological polar surface area (TPSA) is 51.6 Å². The summed E-state index contributed by atoms with van der Waals surface area (Å²) >= 11 is 0. The summed E-state index contributed by atoms with van der Waals surface area (Å²) in [4.78, 5) is 22.6. The van der Waals surface area contributed by atoms with Gasteiger partial charge in [0.15, 0.2) is 0 Å². The van der Waals surface area contributed by atoms with Gasteiger partial charge >= 0.3 is 0 Å². The highest BCUT2D eigenvalue weighted by atomic mass is 14.8. The smallest absolute Gasteiger partial charge is 0.0978 e.